The minimum atomic E-state index is -0.481. The highest BCUT2D eigenvalue weighted by Gasteiger charge is 2.50. The van der Waals surface area contributed by atoms with Gasteiger partial charge in [0.2, 0.25) is 0 Å². The van der Waals surface area contributed by atoms with Crippen molar-refractivity contribution >= 4 is 0 Å². The highest BCUT2D eigenvalue weighted by molar-refractivity contribution is 5.01. The van der Waals surface area contributed by atoms with Gasteiger partial charge in [0, 0.05) is 13.7 Å². The monoisotopic (exact) mass is 200 g/mol. The SMILES string of the molecule is COCCC(C)C1(O)CCCC1(C)C. The zero-order valence-electron chi connectivity index (χ0n) is 9.97. The van der Waals surface area contributed by atoms with Crippen LogP contribution in [0.5, 0.6) is 0 Å². The zero-order valence-corrected chi connectivity index (χ0v) is 9.97. The maximum atomic E-state index is 10.7. The first kappa shape index (κ1) is 12.0. The predicted octanol–water partition coefficient (Wildman–Crippen LogP) is 2.60. The molecule has 0 amide bonds. The Hall–Kier alpha value is -0.0800. The molecule has 2 heteroatoms. The third kappa shape index (κ3) is 1.96. The summed E-state index contributed by atoms with van der Waals surface area (Å²) in [5.41, 5.74) is -0.411. The third-order valence-electron chi connectivity index (χ3n) is 4.10. The summed E-state index contributed by atoms with van der Waals surface area (Å²) in [5, 5.41) is 10.7. The molecule has 0 spiro atoms. The van der Waals surface area contributed by atoms with Crippen molar-refractivity contribution in [2.24, 2.45) is 11.3 Å². The molecule has 0 heterocycles. The van der Waals surface area contributed by atoms with E-state index in [0.717, 1.165) is 32.3 Å². The van der Waals surface area contributed by atoms with Crippen LogP contribution < -0.4 is 0 Å². The van der Waals surface area contributed by atoms with Crippen LogP contribution in [0.25, 0.3) is 0 Å². The standard InChI is InChI=1S/C12H24O2/c1-10(6-9-14-4)12(13)8-5-7-11(12,2)3/h10,13H,5-9H2,1-4H3. The van der Waals surface area contributed by atoms with Crippen LogP contribution in [-0.4, -0.2) is 24.4 Å². The van der Waals surface area contributed by atoms with E-state index in [-0.39, 0.29) is 5.41 Å². The Bertz CT molecular complexity index is 189. The van der Waals surface area contributed by atoms with Gasteiger partial charge < -0.3 is 9.84 Å². The minimum Gasteiger partial charge on any atom is -0.389 e. The highest BCUT2D eigenvalue weighted by atomic mass is 16.5. The Labute approximate surface area is 87.7 Å². The van der Waals surface area contributed by atoms with Gasteiger partial charge in [0.25, 0.3) is 0 Å². The van der Waals surface area contributed by atoms with E-state index in [1.807, 2.05) is 0 Å². The summed E-state index contributed by atoms with van der Waals surface area (Å²) in [5.74, 6) is 0.333. The number of methoxy groups -OCH3 is 1. The van der Waals surface area contributed by atoms with Gasteiger partial charge in [-0.1, -0.05) is 20.8 Å². The first-order chi connectivity index (χ1) is 6.44. The molecular formula is C12H24O2. The Morgan fingerprint density at radius 1 is 1.36 bits per heavy atom. The molecule has 1 N–H and O–H groups in total. The molecule has 0 aromatic carbocycles. The maximum Gasteiger partial charge on any atom is 0.0724 e. The Balaban J connectivity index is 2.63. The van der Waals surface area contributed by atoms with E-state index in [1.54, 1.807) is 7.11 Å². The molecule has 0 aromatic heterocycles. The van der Waals surface area contributed by atoms with E-state index in [0.29, 0.717) is 5.92 Å². The molecule has 1 aliphatic rings. The average Bonchev–Trinajstić information content (AvgIpc) is 2.38. The van der Waals surface area contributed by atoms with Crippen LogP contribution in [0.15, 0.2) is 0 Å². The molecule has 0 aromatic rings. The van der Waals surface area contributed by atoms with Crippen molar-refractivity contribution in [1.82, 2.24) is 0 Å². The van der Waals surface area contributed by atoms with Crippen LogP contribution in [0.2, 0.25) is 0 Å². The van der Waals surface area contributed by atoms with E-state index in [1.165, 1.54) is 0 Å². The van der Waals surface area contributed by atoms with Crippen LogP contribution in [0.3, 0.4) is 0 Å². The van der Waals surface area contributed by atoms with Gasteiger partial charge in [-0.15, -0.1) is 0 Å². The van der Waals surface area contributed by atoms with Crippen LogP contribution in [0.4, 0.5) is 0 Å². The van der Waals surface area contributed by atoms with Crippen molar-refractivity contribution in [3.05, 3.63) is 0 Å². The smallest absolute Gasteiger partial charge is 0.0724 e. The Kier molecular flexibility index (Phi) is 3.59. The first-order valence-corrected chi connectivity index (χ1v) is 5.65. The lowest BCUT2D eigenvalue weighted by molar-refractivity contribution is -0.0916. The summed E-state index contributed by atoms with van der Waals surface area (Å²) in [6, 6.07) is 0. The minimum absolute atomic E-state index is 0.0696. The van der Waals surface area contributed by atoms with Crippen molar-refractivity contribution in [2.45, 2.75) is 52.1 Å². The van der Waals surface area contributed by atoms with Crippen LogP contribution in [-0.2, 0) is 4.74 Å². The van der Waals surface area contributed by atoms with E-state index >= 15 is 0 Å². The fraction of sp³-hybridized carbons (Fsp3) is 1.00. The van der Waals surface area contributed by atoms with E-state index in [2.05, 4.69) is 20.8 Å². The fourth-order valence-electron chi connectivity index (χ4n) is 2.80. The molecule has 84 valence electrons. The van der Waals surface area contributed by atoms with E-state index < -0.39 is 5.60 Å². The lowest BCUT2D eigenvalue weighted by atomic mass is 9.70. The van der Waals surface area contributed by atoms with Gasteiger partial charge in [0.15, 0.2) is 0 Å². The zero-order chi connectivity index (χ0) is 10.8. The second-order valence-electron chi connectivity index (χ2n) is 5.34. The molecule has 1 aliphatic carbocycles. The van der Waals surface area contributed by atoms with Crippen molar-refractivity contribution in [2.75, 3.05) is 13.7 Å². The summed E-state index contributed by atoms with van der Waals surface area (Å²) >= 11 is 0. The molecule has 0 radical (unpaired) electrons. The van der Waals surface area contributed by atoms with E-state index in [4.69, 9.17) is 4.74 Å². The van der Waals surface area contributed by atoms with Crippen molar-refractivity contribution in [1.29, 1.82) is 0 Å². The quantitative estimate of drug-likeness (QED) is 0.756. The van der Waals surface area contributed by atoms with Crippen LogP contribution in [0.1, 0.15) is 46.5 Å². The summed E-state index contributed by atoms with van der Waals surface area (Å²) < 4.78 is 5.07. The van der Waals surface area contributed by atoms with Gasteiger partial charge in [-0.25, -0.2) is 0 Å². The summed E-state index contributed by atoms with van der Waals surface area (Å²) in [4.78, 5) is 0. The summed E-state index contributed by atoms with van der Waals surface area (Å²) in [6.45, 7) is 7.26. The first-order valence-electron chi connectivity index (χ1n) is 5.65. The van der Waals surface area contributed by atoms with Crippen LogP contribution >= 0.6 is 0 Å². The fourth-order valence-corrected chi connectivity index (χ4v) is 2.80. The largest absolute Gasteiger partial charge is 0.389 e. The molecule has 2 unspecified atom stereocenters. The average molecular weight is 200 g/mol. The molecule has 2 nitrogen and oxygen atoms in total. The third-order valence-corrected chi connectivity index (χ3v) is 4.10. The van der Waals surface area contributed by atoms with Gasteiger partial charge in [-0.3, -0.25) is 0 Å². The predicted molar refractivity (Wildman–Crippen MR) is 58.2 cm³/mol. The molecule has 0 saturated heterocycles. The highest BCUT2D eigenvalue weighted by Crippen LogP contribution is 2.50. The van der Waals surface area contributed by atoms with Crippen molar-refractivity contribution in [3.63, 3.8) is 0 Å². The van der Waals surface area contributed by atoms with Gasteiger partial charge >= 0.3 is 0 Å². The number of aliphatic hydroxyl groups is 1. The molecule has 14 heavy (non-hydrogen) atoms. The Morgan fingerprint density at radius 2 is 2.00 bits per heavy atom. The topological polar surface area (TPSA) is 29.5 Å². The summed E-state index contributed by atoms with van der Waals surface area (Å²) in [7, 11) is 1.72. The second kappa shape index (κ2) is 4.19. The molecular weight excluding hydrogens is 176 g/mol. The second-order valence-corrected chi connectivity index (χ2v) is 5.34. The van der Waals surface area contributed by atoms with Crippen LogP contribution in [0, 0.1) is 11.3 Å². The molecule has 1 saturated carbocycles. The number of rotatable bonds is 4. The van der Waals surface area contributed by atoms with Gasteiger partial charge in [0.05, 0.1) is 5.60 Å². The van der Waals surface area contributed by atoms with Crippen molar-refractivity contribution < 1.29 is 9.84 Å². The number of hydrogen-bond acceptors (Lipinski definition) is 2. The van der Waals surface area contributed by atoms with Gasteiger partial charge in [-0.05, 0) is 37.0 Å². The molecule has 2 atom stereocenters. The molecule has 1 rings (SSSR count). The number of ether oxygens (including phenoxy) is 1. The summed E-state index contributed by atoms with van der Waals surface area (Å²) in [6.07, 6.45) is 4.20. The van der Waals surface area contributed by atoms with Gasteiger partial charge in [-0.2, -0.15) is 0 Å². The van der Waals surface area contributed by atoms with Crippen molar-refractivity contribution in [3.8, 4) is 0 Å². The number of hydrogen-bond donors (Lipinski definition) is 1. The normalized spacial score (nSPS) is 33.2. The lowest BCUT2D eigenvalue weighted by Gasteiger charge is -2.41. The van der Waals surface area contributed by atoms with E-state index in [9.17, 15) is 5.11 Å². The molecule has 1 fully saturated rings. The van der Waals surface area contributed by atoms with Gasteiger partial charge in [0.1, 0.15) is 0 Å². The Morgan fingerprint density at radius 3 is 2.43 bits per heavy atom. The maximum absolute atomic E-state index is 10.7. The molecule has 0 bridgehead atoms. The molecule has 0 aliphatic heterocycles. The lowest BCUT2D eigenvalue weighted by Crippen LogP contribution is -2.46.